The number of hydrogen-bond donors (Lipinski definition) is 3. The van der Waals surface area contributed by atoms with Crippen molar-refractivity contribution in [3.05, 3.63) is 158 Å². The lowest BCUT2D eigenvalue weighted by atomic mass is 10.1. The number of esters is 4. The van der Waals surface area contributed by atoms with Gasteiger partial charge in [0, 0.05) is 25.7 Å². The average Bonchev–Trinajstić information content (AvgIpc) is 0.903. The van der Waals surface area contributed by atoms with E-state index in [1.807, 2.05) is 0 Å². The van der Waals surface area contributed by atoms with Crippen molar-refractivity contribution in [2.75, 3.05) is 39.6 Å². The molecule has 0 aromatic carbocycles. The zero-order valence-electron chi connectivity index (χ0n) is 66.1. The highest BCUT2D eigenvalue weighted by molar-refractivity contribution is 7.47. The topological polar surface area (TPSA) is 237 Å². The van der Waals surface area contributed by atoms with Crippen molar-refractivity contribution in [2.24, 2.45) is 0 Å². The first-order valence-corrected chi connectivity index (χ1v) is 43.7. The Balaban J connectivity index is 5.44. The maximum Gasteiger partial charge on any atom is 0.472 e. The molecule has 0 saturated carbocycles. The fourth-order valence-corrected chi connectivity index (χ4v) is 11.9. The van der Waals surface area contributed by atoms with Crippen LogP contribution >= 0.6 is 15.6 Å². The fraction of sp³-hybridized carbons (Fsp3) is 0.655. The zero-order valence-corrected chi connectivity index (χ0v) is 67.8. The lowest BCUT2D eigenvalue weighted by Crippen LogP contribution is -2.30. The molecule has 0 radical (unpaired) electrons. The molecule has 0 bridgehead atoms. The van der Waals surface area contributed by atoms with E-state index in [1.54, 1.807) is 0 Å². The fourth-order valence-electron chi connectivity index (χ4n) is 10.3. The summed E-state index contributed by atoms with van der Waals surface area (Å²) in [5.74, 6) is -2.27. The number of hydrogen-bond acceptors (Lipinski definition) is 15. The molecule has 0 saturated heterocycles. The first-order chi connectivity index (χ1) is 51.7. The third kappa shape index (κ3) is 76.9. The molecule has 0 spiro atoms. The molecular weight excluding hydrogens is 1380 g/mol. The van der Waals surface area contributed by atoms with Crippen LogP contribution in [0.4, 0.5) is 0 Å². The smallest absolute Gasteiger partial charge is 0.462 e. The van der Waals surface area contributed by atoms with Crippen LogP contribution < -0.4 is 0 Å². The van der Waals surface area contributed by atoms with E-state index >= 15 is 0 Å². The standard InChI is InChI=1S/C87H144O17P2/c1-5-9-13-17-21-25-29-33-36-38-40-42-45-49-52-56-60-64-68-72-85(90)98-78-83(104-87(92)74-70-66-62-58-54-50-46-43-41-39-37-34-30-26-22-18-14-10-6-2)80-102-106(95,96)100-76-81(88)75-99-105(93,94)101-79-82(103-86(91)73-69-65-61-57-53-47-32-28-24-20-16-12-8-4)77-97-84(89)71-67-63-59-55-51-48-44-35-31-27-23-19-15-11-7-3/h9,11,13,15-16,20-23,25-28,32-37,40-44,49,52,81-83,88H,5-8,10,12,14,17-19,24,29-31,38-39,45-48,50-51,53-80H2,1-4H3,(H,93,94)(H,95,96)/b13-9-,15-11-,20-16-,25-21-,26-22-,27-23-,32-28-,36-33-,37-34-,42-40-,43-41-,44-35-,52-49-. The van der Waals surface area contributed by atoms with Gasteiger partial charge in [-0.25, -0.2) is 9.13 Å². The highest BCUT2D eigenvalue weighted by Gasteiger charge is 2.30. The molecular formula is C87H144O17P2. The Bertz CT molecular complexity index is 2630. The van der Waals surface area contributed by atoms with Crippen molar-refractivity contribution in [3.8, 4) is 0 Å². The van der Waals surface area contributed by atoms with E-state index < -0.39 is 97.5 Å². The number of ether oxygens (including phenoxy) is 4. The Morgan fingerprint density at radius 2 is 0.509 bits per heavy atom. The van der Waals surface area contributed by atoms with Crippen LogP contribution in [0.3, 0.4) is 0 Å². The molecule has 5 atom stereocenters. The lowest BCUT2D eigenvalue weighted by Gasteiger charge is -2.21. The number of phosphoric acid groups is 2. The van der Waals surface area contributed by atoms with Gasteiger partial charge in [0.05, 0.1) is 26.4 Å². The summed E-state index contributed by atoms with van der Waals surface area (Å²) in [5, 5.41) is 10.7. The van der Waals surface area contributed by atoms with Crippen molar-refractivity contribution < 1.29 is 80.2 Å². The molecule has 0 aliphatic heterocycles. The van der Waals surface area contributed by atoms with Crippen molar-refractivity contribution in [1.82, 2.24) is 0 Å². The zero-order chi connectivity index (χ0) is 77.4. The number of aliphatic hydroxyl groups is 1. The summed E-state index contributed by atoms with van der Waals surface area (Å²) >= 11 is 0. The van der Waals surface area contributed by atoms with Crippen LogP contribution in [0.5, 0.6) is 0 Å². The van der Waals surface area contributed by atoms with E-state index in [0.717, 1.165) is 212 Å². The highest BCUT2D eigenvalue weighted by atomic mass is 31.2. The van der Waals surface area contributed by atoms with Crippen LogP contribution in [-0.2, 0) is 65.4 Å². The molecule has 5 unspecified atom stereocenters. The number of aliphatic hydroxyl groups excluding tert-OH is 1. The quantitative estimate of drug-likeness (QED) is 0.0169. The first-order valence-electron chi connectivity index (χ1n) is 40.7. The molecule has 604 valence electrons. The van der Waals surface area contributed by atoms with Gasteiger partial charge in [0.25, 0.3) is 0 Å². The van der Waals surface area contributed by atoms with Gasteiger partial charge in [-0.1, -0.05) is 276 Å². The van der Waals surface area contributed by atoms with Crippen LogP contribution in [-0.4, -0.2) is 96.7 Å². The second-order valence-electron chi connectivity index (χ2n) is 26.6. The van der Waals surface area contributed by atoms with Gasteiger partial charge < -0.3 is 33.8 Å². The van der Waals surface area contributed by atoms with E-state index in [1.165, 1.54) is 19.3 Å². The molecule has 0 rings (SSSR count). The van der Waals surface area contributed by atoms with E-state index in [4.69, 9.17) is 37.0 Å². The molecule has 0 aliphatic carbocycles. The number of phosphoric ester groups is 2. The second-order valence-corrected chi connectivity index (χ2v) is 29.5. The van der Waals surface area contributed by atoms with E-state index in [9.17, 15) is 43.2 Å². The van der Waals surface area contributed by atoms with Gasteiger partial charge in [0.15, 0.2) is 12.2 Å². The second kappa shape index (κ2) is 77.8. The molecule has 0 aromatic rings. The summed E-state index contributed by atoms with van der Waals surface area (Å²) in [4.78, 5) is 73.1. The Morgan fingerprint density at radius 1 is 0.274 bits per heavy atom. The highest BCUT2D eigenvalue weighted by Crippen LogP contribution is 2.45. The summed E-state index contributed by atoms with van der Waals surface area (Å²) in [5.41, 5.74) is 0. The van der Waals surface area contributed by atoms with E-state index in [2.05, 4.69) is 186 Å². The minimum absolute atomic E-state index is 0.0671. The maximum atomic E-state index is 13.1. The molecule has 19 heteroatoms. The van der Waals surface area contributed by atoms with Crippen LogP contribution in [0.15, 0.2) is 158 Å². The largest absolute Gasteiger partial charge is 0.472 e. The van der Waals surface area contributed by atoms with Gasteiger partial charge in [-0.15, -0.1) is 0 Å². The van der Waals surface area contributed by atoms with Crippen LogP contribution in [0.1, 0.15) is 310 Å². The predicted octanol–water partition coefficient (Wildman–Crippen LogP) is 24.0. The number of carbonyl (C=O) groups excluding carboxylic acids is 4. The minimum Gasteiger partial charge on any atom is -0.462 e. The van der Waals surface area contributed by atoms with E-state index in [0.29, 0.717) is 25.7 Å². The summed E-state index contributed by atoms with van der Waals surface area (Å²) in [7, 11) is -9.99. The molecule has 0 fully saturated rings. The van der Waals surface area contributed by atoms with Gasteiger partial charge in [0.2, 0.25) is 0 Å². The lowest BCUT2D eigenvalue weighted by molar-refractivity contribution is -0.161. The van der Waals surface area contributed by atoms with Crippen LogP contribution in [0, 0.1) is 0 Å². The minimum atomic E-state index is -5.00. The number of allylic oxidation sites excluding steroid dienone is 26. The first kappa shape index (κ1) is 101. The Morgan fingerprint density at radius 3 is 0.802 bits per heavy atom. The van der Waals surface area contributed by atoms with Gasteiger partial charge in [-0.3, -0.25) is 37.3 Å². The molecule has 0 aromatic heterocycles. The normalized spacial score (nSPS) is 14.7. The molecule has 3 N–H and O–H groups in total. The van der Waals surface area contributed by atoms with Crippen molar-refractivity contribution in [3.63, 3.8) is 0 Å². The molecule has 0 amide bonds. The van der Waals surface area contributed by atoms with Crippen molar-refractivity contribution >= 4 is 39.5 Å². The van der Waals surface area contributed by atoms with Gasteiger partial charge in [-0.05, 0) is 167 Å². The molecule has 106 heavy (non-hydrogen) atoms. The van der Waals surface area contributed by atoms with Gasteiger partial charge in [-0.2, -0.15) is 0 Å². The number of rotatable bonds is 75. The Hall–Kier alpha value is -5.32. The molecule has 0 heterocycles. The number of unbranched alkanes of at least 4 members (excludes halogenated alkanes) is 23. The summed E-state index contributed by atoms with van der Waals surface area (Å²) in [6.07, 6.45) is 90.7. The third-order valence-electron chi connectivity index (χ3n) is 16.4. The maximum absolute atomic E-state index is 13.1. The predicted molar refractivity (Wildman–Crippen MR) is 436 cm³/mol. The summed E-state index contributed by atoms with van der Waals surface area (Å²) < 4.78 is 68.6. The average molecular weight is 1520 g/mol. The number of carbonyl (C=O) groups is 4. The van der Waals surface area contributed by atoms with Crippen LogP contribution in [0.2, 0.25) is 0 Å². The van der Waals surface area contributed by atoms with Crippen LogP contribution in [0.25, 0.3) is 0 Å². The van der Waals surface area contributed by atoms with Gasteiger partial charge >= 0.3 is 39.5 Å². The molecule has 0 aliphatic rings. The Kier molecular flexibility index (Phi) is 73.9. The third-order valence-corrected chi connectivity index (χ3v) is 18.3. The summed E-state index contributed by atoms with van der Waals surface area (Å²) in [6.45, 7) is 4.47. The van der Waals surface area contributed by atoms with E-state index in [-0.39, 0.29) is 25.7 Å². The van der Waals surface area contributed by atoms with Crippen molar-refractivity contribution in [1.29, 1.82) is 0 Å². The SMILES string of the molecule is CC/C=C\C/C=C\C/C=C\C/C=C\C/C=C\CCCCCC(=O)OCC(COP(=O)(O)OCC(O)COP(=O)(O)OCC(COC(=O)CCCCCCC/C=C\C/C=C\C/C=C\CC)OC(=O)CCCCCCC/C=C\C/C=C\CCC)OC(=O)CCCCCCCC/C=C\C/C=C\C/C=C\CCCCC. The monoisotopic (exact) mass is 1520 g/mol. The Labute approximate surface area is 642 Å². The summed E-state index contributed by atoms with van der Waals surface area (Å²) in [6, 6.07) is 0. The molecule has 17 nitrogen and oxygen atoms in total. The van der Waals surface area contributed by atoms with Crippen molar-refractivity contribution in [2.45, 2.75) is 329 Å². The van der Waals surface area contributed by atoms with Gasteiger partial charge in [0.1, 0.15) is 19.3 Å².